The molecule has 1 saturated carbocycles. The van der Waals surface area contributed by atoms with Crippen molar-refractivity contribution in [2.75, 3.05) is 12.0 Å². The molecular weight excluding hydrogens is 248 g/mol. The lowest BCUT2D eigenvalue weighted by Crippen LogP contribution is -2.47. The standard InChI is InChI=1S/C13H26N2O2S/c1-11(6-9-18(2)17)15-12(16)10-13(14)7-4-3-5-8-13/h11H,3-10,14H2,1-2H3,(H,15,16). The van der Waals surface area contributed by atoms with E-state index in [2.05, 4.69) is 5.32 Å². The summed E-state index contributed by atoms with van der Waals surface area (Å²) in [6.07, 6.45) is 8.27. The molecule has 0 spiro atoms. The van der Waals surface area contributed by atoms with E-state index in [9.17, 15) is 9.00 Å². The molecule has 1 rings (SSSR count). The largest absolute Gasteiger partial charge is 0.354 e. The van der Waals surface area contributed by atoms with E-state index in [1.165, 1.54) is 6.42 Å². The van der Waals surface area contributed by atoms with Crippen molar-refractivity contribution in [2.45, 2.75) is 63.5 Å². The van der Waals surface area contributed by atoms with Crippen molar-refractivity contribution in [1.29, 1.82) is 0 Å². The molecule has 1 aliphatic rings. The summed E-state index contributed by atoms with van der Waals surface area (Å²) in [5.41, 5.74) is 5.95. The van der Waals surface area contributed by atoms with Gasteiger partial charge < -0.3 is 11.1 Å². The van der Waals surface area contributed by atoms with Gasteiger partial charge in [0.1, 0.15) is 0 Å². The summed E-state index contributed by atoms with van der Waals surface area (Å²) in [6.45, 7) is 1.95. The summed E-state index contributed by atoms with van der Waals surface area (Å²) >= 11 is 0. The zero-order valence-electron chi connectivity index (χ0n) is 11.5. The van der Waals surface area contributed by atoms with Crippen LogP contribution in [-0.2, 0) is 15.6 Å². The fourth-order valence-corrected chi connectivity index (χ4v) is 3.18. The Kier molecular flexibility index (Phi) is 6.29. The molecule has 0 aromatic rings. The third-order valence-corrected chi connectivity index (χ3v) is 4.42. The number of carbonyl (C=O) groups is 1. The average Bonchev–Trinajstić information content (AvgIpc) is 2.26. The van der Waals surface area contributed by atoms with Gasteiger partial charge in [-0.15, -0.1) is 0 Å². The fraction of sp³-hybridized carbons (Fsp3) is 0.923. The second kappa shape index (κ2) is 7.24. The fourth-order valence-electron chi connectivity index (χ4n) is 2.49. The average molecular weight is 274 g/mol. The van der Waals surface area contributed by atoms with E-state index in [1.807, 2.05) is 6.92 Å². The number of hydrogen-bond acceptors (Lipinski definition) is 3. The van der Waals surface area contributed by atoms with Gasteiger partial charge >= 0.3 is 0 Å². The van der Waals surface area contributed by atoms with Crippen molar-refractivity contribution >= 4 is 16.7 Å². The molecule has 5 heteroatoms. The lowest BCUT2D eigenvalue weighted by atomic mass is 9.80. The van der Waals surface area contributed by atoms with Crippen LogP contribution in [0.15, 0.2) is 0 Å². The smallest absolute Gasteiger partial charge is 0.222 e. The molecule has 4 nitrogen and oxygen atoms in total. The molecule has 18 heavy (non-hydrogen) atoms. The Labute approximate surface area is 113 Å². The van der Waals surface area contributed by atoms with Crippen LogP contribution >= 0.6 is 0 Å². The van der Waals surface area contributed by atoms with Gasteiger partial charge in [-0.25, -0.2) is 0 Å². The second-order valence-corrected chi connectivity index (χ2v) is 7.19. The molecular formula is C13H26N2O2S. The lowest BCUT2D eigenvalue weighted by molar-refractivity contribution is -0.123. The minimum Gasteiger partial charge on any atom is -0.354 e. The molecule has 1 aliphatic carbocycles. The molecule has 0 aromatic carbocycles. The quantitative estimate of drug-likeness (QED) is 0.767. The lowest BCUT2D eigenvalue weighted by Gasteiger charge is -2.33. The molecule has 0 aliphatic heterocycles. The topological polar surface area (TPSA) is 72.2 Å². The summed E-state index contributed by atoms with van der Waals surface area (Å²) in [5, 5.41) is 2.95. The zero-order chi connectivity index (χ0) is 13.6. The highest BCUT2D eigenvalue weighted by atomic mass is 32.2. The van der Waals surface area contributed by atoms with Gasteiger partial charge in [0.25, 0.3) is 0 Å². The molecule has 0 heterocycles. The maximum Gasteiger partial charge on any atom is 0.222 e. The third-order valence-electron chi connectivity index (χ3n) is 3.61. The molecule has 2 atom stereocenters. The van der Waals surface area contributed by atoms with Crippen molar-refractivity contribution in [1.82, 2.24) is 5.32 Å². The van der Waals surface area contributed by atoms with E-state index < -0.39 is 10.8 Å². The van der Waals surface area contributed by atoms with Crippen LogP contribution in [0.1, 0.15) is 51.9 Å². The third kappa shape index (κ3) is 5.96. The van der Waals surface area contributed by atoms with E-state index in [1.54, 1.807) is 6.26 Å². The van der Waals surface area contributed by atoms with Gasteiger partial charge in [0.05, 0.1) is 0 Å². The molecule has 0 radical (unpaired) electrons. The first-order valence-electron chi connectivity index (χ1n) is 6.79. The van der Waals surface area contributed by atoms with E-state index in [0.717, 1.165) is 32.1 Å². The highest BCUT2D eigenvalue weighted by Crippen LogP contribution is 2.28. The summed E-state index contributed by atoms with van der Waals surface area (Å²) in [6, 6.07) is 0.0774. The highest BCUT2D eigenvalue weighted by molar-refractivity contribution is 7.84. The molecule has 106 valence electrons. The number of amides is 1. The van der Waals surface area contributed by atoms with E-state index in [-0.39, 0.29) is 17.5 Å². The first-order valence-corrected chi connectivity index (χ1v) is 8.52. The number of rotatable bonds is 6. The van der Waals surface area contributed by atoms with E-state index in [4.69, 9.17) is 5.73 Å². The van der Waals surface area contributed by atoms with Crippen molar-refractivity contribution in [3.8, 4) is 0 Å². The van der Waals surface area contributed by atoms with Crippen LogP contribution in [0.5, 0.6) is 0 Å². The molecule has 2 unspecified atom stereocenters. The Hall–Kier alpha value is -0.420. The molecule has 0 aromatic heterocycles. The molecule has 0 bridgehead atoms. The van der Waals surface area contributed by atoms with Crippen LogP contribution in [0.25, 0.3) is 0 Å². The minimum absolute atomic E-state index is 0.0359. The predicted octanol–water partition coefficient (Wildman–Crippen LogP) is 1.31. The maximum atomic E-state index is 11.9. The van der Waals surface area contributed by atoms with Crippen LogP contribution < -0.4 is 11.1 Å². The molecule has 0 saturated heterocycles. The van der Waals surface area contributed by atoms with Gasteiger partial charge in [-0.1, -0.05) is 19.3 Å². The normalized spacial score (nSPS) is 22.2. The van der Waals surface area contributed by atoms with Gasteiger partial charge in [-0.2, -0.15) is 0 Å². The van der Waals surface area contributed by atoms with E-state index >= 15 is 0 Å². The van der Waals surface area contributed by atoms with Gasteiger partial charge in [-0.3, -0.25) is 9.00 Å². The maximum absolute atomic E-state index is 11.9. The van der Waals surface area contributed by atoms with Crippen molar-refractivity contribution < 1.29 is 9.00 Å². The van der Waals surface area contributed by atoms with Gasteiger partial charge in [0, 0.05) is 40.8 Å². The van der Waals surface area contributed by atoms with Crippen LogP contribution in [0.4, 0.5) is 0 Å². The predicted molar refractivity (Wildman–Crippen MR) is 75.8 cm³/mol. The first-order chi connectivity index (χ1) is 8.41. The SMILES string of the molecule is CC(CCS(C)=O)NC(=O)CC1(N)CCCCC1. The van der Waals surface area contributed by atoms with Gasteiger partial charge in [0.15, 0.2) is 0 Å². The molecule has 3 N–H and O–H groups in total. The Balaban J connectivity index is 2.29. The van der Waals surface area contributed by atoms with Gasteiger partial charge in [-0.05, 0) is 26.2 Å². The zero-order valence-corrected chi connectivity index (χ0v) is 12.4. The Morgan fingerprint density at radius 3 is 2.56 bits per heavy atom. The number of nitrogens with two attached hydrogens (primary N) is 1. The number of hydrogen-bond donors (Lipinski definition) is 2. The van der Waals surface area contributed by atoms with Crippen molar-refractivity contribution in [2.24, 2.45) is 5.73 Å². The summed E-state index contributed by atoms with van der Waals surface area (Å²) in [4.78, 5) is 11.9. The summed E-state index contributed by atoms with van der Waals surface area (Å²) in [7, 11) is -0.792. The molecule has 1 amide bonds. The first kappa shape index (κ1) is 15.6. The summed E-state index contributed by atoms with van der Waals surface area (Å²) < 4.78 is 11.0. The monoisotopic (exact) mass is 274 g/mol. The van der Waals surface area contributed by atoms with Crippen LogP contribution in [0.3, 0.4) is 0 Å². The van der Waals surface area contributed by atoms with Gasteiger partial charge in [0.2, 0.25) is 5.91 Å². The van der Waals surface area contributed by atoms with Crippen molar-refractivity contribution in [3.05, 3.63) is 0 Å². The Morgan fingerprint density at radius 2 is 2.00 bits per heavy atom. The van der Waals surface area contributed by atoms with Crippen molar-refractivity contribution in [3.63, 3.8) is 0 Å². The van der Waals surface area contributed by atoms with Crippen LogP contribution in [0.2, 0.25) is 0 Å². The van der Waals surface area contributed by atoms with Crippen LogP contribution in [-0.4, -0.2) is 33.7 Å². The van der Waals surface area contributed by atoms with E-state index in [0.29, 0.717) is 12.2 Å². The van der Waals surface area contributed by atoms with Crippen LogP contribution in [0, 0.1) is 0 Å². The Morgan fingerprint density at radius 1 is 1.39 bits per heavy atom. The minimum atomic E-state index is -0.792. The number of nitrogens with one attached hydrogen (secondary N) is 1. The summed E-state index contributed by atoms with van der Waals surface area (Å²) in [5.74, 6) is 0.670. The highest BCUT2D eigenvalue weighted by Gasteiger charge is 2.30. The Bertz CT molecular complexity index is 301. The molecule has 1 fully saturated rings. The number of carbonyl (C=O) groups excluding carboxylic acids is 1. The second-order valence-electron chi connectivity index (χ2n) is 5.63.